The number of benzene rings is 3. The zero-order chi connectivity index (χ0) is 31.1. The molecule has 1 atom stereocenters. The van der Waals surface area contributed by atoms with Crippen LogP contribution in [0, 0.1) is 0 Å². The van der Waals surface area contributed by atoms with Crippen LogP contribution in [0.15, 0.2) is 98.5 Å². The number of halogens is 2. The van der Waals surface area contributed by atoms with E-state index in [0.29, 0.717) is 43.5 Å². The lowest BCUT2D eigenvalue weighted by molar-refractivity contribution is -0.143. The molecule has 0 radical (unpaired) electrons. The molecule has 6 rings (SSSR count). The van der Waals surface area contributed by atoms with E-state index in [4.69, 9.17) is 26.1 Å². The Hall–Kier alpha value is -3.92. The van der Waals surface area contributed by atoms with E-state index in [1.54, 1.807) is 32.4 Å². The fourth-order valence-electron chi connectivity index (χ4n) is 5.52. The van der Waals surface area contributed by atoms with E-state index in [-0.39, 0.29) is 11.7 Å². The summed E-state index contributed by atoms with van der Waals surface area (Å²) < 4.78 is 16.4. The average Bonchev–Trinajstić information content (AvgIpc) is 3.49. The van der Waals surface area contributed by atoms with E-state index >= 15 is 0 Å². The lowest BCUT2D eigenvalue weighted by atomic mass is 9.95. The third-order valence-electron chi connectivity index (χ3n) is 7.44. The van der Waals surface area contributed by atoms with Gasteiger partial charge >= 0.3 is 5.97 Å². The number of para-hydroxylation sites is 1. The number of thiazole rings is 1. The summed E-state index contributed by atoms with van der Waals surface area (Å²) >= 11 is 11.0. The maximum absolute atomic E-state index is 14.3. The smallest absolute Gasteiger partial charge is 0.338 e. The SMILES string of the molecule is COc1ccc(Br)cc1[C@@H]1C(C(=O)OC(C)C)=C(C)N=c2s/c(=C\c3cn(Cc4ccc(Cl)cc4)c4ccccc34)c(=O)n21. The summed E-state index contributed by atoms with van der Waals surface area (Å²) in [5.74, 6) is 0.0235. The second-order valence-electron chi connectivity index (χ2n) is 10.8. The summed E-state index contributed by atoms with van der Waals surface area (Å²) in [5.41, 5.74) is 4.26. The maximum Gasteiger partial charge on any atom is 0.338 e. The van der Waals surface area contributed by atoms with Crippen molar-refractivity contribution in [3.05, 3.63) is 130 Å². The highest BCUT2D eigenvalue weighted by atomic mass is 79.9. The number of esters is 1. The van der Waals surface area contributed by atoms with Crippen LogP contribution >= 0.6 is 38.9 Å². The van der Waals surface area contributed by atoms with Gasteiger partial charge in [0.15, 0.2) is 4.80 Å². The van der Waals surface area contributed by atoms with E-state index in [0.717, 1.165) is 26.5 Å². The Morgan fingerprint density at radius 3 is 2.61 bits per heavy atom. The summed E-state index contributed by atoms with van der Waals surface area (Å²) in [7, 11) is 1.57. The zero-order valence-corrected chi connectivity index (χ0v) is 27.7. The van der Waals surface area contributed by atoms with Crippen molar-refractivity contribution in [3.8, 4) is 5.75 Å². The van der Waals surface area contributed by atoms with E-state index in [1.165, 1.54) is 11.3 Å². The lowest BCUT2D eigenvalue weighted by Crippen LogP contribution is -2.40. The molecule has 0 fully saturated rings. The number of fused-ring (bicyclic) bond motifs is 2. The van der Waals surface area contributed by atoms with Crippen LogP contribution in [0.4, 0.5) is 0 Å². The molecule has 1 aliphatic heterocycles. The number of hydrogen-bond donors (Lipinski definition) is 0. The highest BCUT2D eigenvalue weighted by molar-refractivity contribution is 9.10. The quantitative estimate of drug-likeness (QED) is 0.180. The first-order valence-electron chi connectivity index (χ1n) is 14.0. The molecule has 0 N–H and O–H groups in total. The molecule has 1 aliphatic rings. The summed E-state index contributed by atoms with van der Waals surface area (Å²) in [6.45, 7) is 6.01. The fraction of sp³-hybridized carbons (Fsp3) is 0.206. The van der Waals surface area contributed by atoms with Gasteiger partial charge in [0.25, 0.3) is 5.56 Å². The van der Waals surface area contributed by atoms with E-state index in [1.807, 2.05) is 60.7 Å². The minimum absolute atomic E-state index is 0.252. The van der Waals surface area contributed by atoms with Crippen molar-refractivity contribution in [2.24, 2.45) is 4.99 Å². The van der Waals surface area contributed by atoms with Crippen LogP contribution in [0.3, 0.4) is 0 Å². The van der Waals surface area contributed by atoms with Crippen LogP contribution in [-0.4, -0.2) is 28.3 Å². The Bertz CT molecular complexity index is 2130. The first kappa shape index (κ1) is 30.1. The van der Waals surface area contributed by atoms with Crippen LogP contribution in [0.2, 0.25) is 5.02 Å². The average molecular weight is 691 g/mol. The van der Waals surface area contributed by atoms with Gasteiger partial charge in [-0.25, -0.2) is 9.79 Å². The molecule has 0 aliphatic carbocycles. The van der Waals surface area contributed by atoms with Crippen molar-refractivity contribution in [2.75, 3.05) is 7.11 Å². The molecule has 7 nitrogen and oxygen atoms in total. The molecule has 0 spiro atoms. The largest absolute Gasteiger partial charge is 0.496 e. The van der Waals surface area contributed by atoms with Crippen molar-refractivity contribution in [1.29, 1.82) is 0 Å². The fourth-order valence-corrected chi connectivity index (χ4v) is 7.06. The van der Waals surface area contributed by atoms with E-state index in [9.17, 15) is 9.59 Å². The molecule has 0 saturated heterocycles. The summed E-state index contributed by atoms with van der Waals surface area (Å²) in [5, 5.41) is 1.71. The van der Waals surface area contributed by atoms with Gasteiger partial charge in [0, 0.05) is 44.3 Å². The van der Waals surface area contributed by atoms with Gasteiger partial charge in [-0.15, -0.1) is 0 Å². The predicted molar refractivity (Wildman–Crippen MR) is 178 cm³/mol. The summed E-state index contributed by atoms with van der Waals surface area (Å²) in [4.78, 5) is 33.0. The first-order chi connectivity index (χ1) is 21.1. The molecule has 2 aromatic heterocycles. The van der Waals surface area contributed by atoms with Crippen molar-refractivity contribution in [1.82, 2.24) is 9.13 Å². The van der Waals surface area contributed by atoms with Crippen LogP contribution in [0.25, 0.3) is 17.0 Å². The molecule has 0 saturated carbocycles. The van der Waals surface area contributed by atoms with Crippen molar-refractivity contribution in [3.63, 3.8) is 0 Å². The standard InChI is InChI=1S/C34H29BrClN3O4S/c1-19(2)43-33(41)30-20(3)37-34-39(31(30)26-16-23(35)11-14-28(26)42-4)32(40)29(44-34)15-22-18-38(27-8-6-5-7-25(22)27)17-21-9-12-24(36)13-10-21/h5-16,18-19,31H,17H2,1-4H3/b29-15-/t31-/m1/s1. The van der Waals surface area contributed by atoms with E-state index < -0.39 is 12.0 Å². The van der Waals surface area contributed by atoms with Gasteiger partial charge in [-0.1, -0.05) is 69.2 Å². The van der Waals surface area contributed by atoms with Gasteiger partial charge in [-0.3, -0.25) is 9.36 Å². The number of nitrogens with zero attached hydrogens (tertiary/aromatic N) is 3. The Morgan fingerprint density at radius 1 is 1.14 bits per heavy atom. The Morgan fingerprint density at radius 2 is 1.89 bits per heavy atom. The second kappa shape index (κ2) is 12.2. The number of carbonyl (C=O) groups excluding carboxylic acids is 1. The molecule has 0 unspecified atom stereocenters. The number of ether oxygens (including phenoxy) is 2. The molecule has 10 heteroatoms. The van der Waals surface area contributed by atoms with Gasteiger partial charge in [-0.05, 0) is 68.8 Å². The number of allylic oxidation sites excluding steroid dienone is 1. The Balaban J connectivity index is 1.54. The molecule has 0 amide bonds. The number of rotatable bonds is 7. The summed E-state index contributed by atoms with van der Waals surface area (Å²) in [6, 6.07) is 20.6. The normalized spacial score (nSPS) is 15.1. The molecular weight excluding hydrogens is 662 g/mol. The number of methoxy groups -OCH3 is 1. The van der Waals surface area contributed by atoms with Crippen molar-refractivity contribution in [2.45, 2.75) is 39.5 Å². The maximum atomic E-state index is 14.3. The molecular formula is C34H29BrClN3O4S. The summed E-state index contributed by atoms with van der Waals surface area (Å²) in [6.07, 6.45) is 3.62. The van der Waals surface area contributed by atoms with Gasteiger partial charge in [-0.2, -0.15) is 0 Å². The van der Waals surface area contributed by atoms with Crippen molar-refractivity contribution < 1.29 is 14.3 Å². The molecule has 3 aromatic carbocycles. The number of carbonyl (C=O) groups is 1. The van der Waals surface area contributed by atoms with Gasteiger partial charge < -0.3 is 14.0 Å². The molecule has 3 heterocycles. The van der Waals surface area contributed by atoms with Gasteiger partial charge in [0.05, 0.1) is 29.0 Å². The second-order valence-corrected chi connectivity index (χ2v) is 13.1. The minimum Gasteiger partial charge on any atom is -0.496 e. The van der Waals surface area contributed by atoms with E-state index in [2.05, 4.69) is 38.8 Å². The topological polar surface area (TPSA) is 74.8 Å². The third-order valence-corrected chi connectivity index (χ3v) is 9.17. The highest BCUT2D eigenvalue weighted by Gasteiger charge is 2.35. The van der Waals surface area contributed by atoms with Crippen LogP contribution in [0.5, 0.6) is 5.75 Å². The zero-order valence-electron chi connectivity index (χ0n) is 24.5. The van der Waals surface area contributed by atoms with Crippen molar-refractivity contribution >= 4 is 61.8 Å². The first-order valence-corrected chi connectivity index (χ1v) is 16.0. The molecule has 224 valence electrons. The predicted octanol–water partition coefficient (Wildman–Crippen LogP) is 6.61. The third kappa shape index (κ3) is 5.67. The van der Waals surface area contributed by atoms with Gasteiger partial charge in [0.1, 0.15) is 11.8 Å². The Labute approximate surface area is 271 Å². The van der Waals surface area contributed by atoms with Crippen LogP contribution < -0.4 is 19.6 Å². The van der Waals surface area contributed by atoms with Crippen LogP contribution in [-0.2, 0) is 16.1 Å². The molecule has 0 bridgehead atoms. The number of hydrogen-bond acceptors (Lipinski definition) is 6. The highest BCUT2D eigenvalue weighted by Crippen LogP contribution is 2.37. The molecule has 5 aromatic rings. The molecule has 44 heavy (non-hydrogen) atoms. The monoisotopic (exact) mass is 689 g/mol. The number of aromatic nitrogens is 2. The Kier molecular flexibility index (Phi) is 8.37. The van der Waals surface area contributed by atoms with Gasteiger partial charge in [0.2, 0.25) is 0 Å². The van der Waals surface area contributed by atoms with Crippen LogP contribution in [0.1, 0.15) is 43.5 Å². The minimum atomic E-state index is -0.793. The lowest BCUT2D eigenvalue weighted by Gasteiger charge is -2.26.